The lowest BCUT2D eigenvalue weighted by atomic mass is 10.1. The molecule has 0 aliphatic heterocycles. The molecular weight excluding hydrogens is 360 g/mol. The molecule has 3 rings (SSSR count). The van der Waals surface area contributed by atoms with Gasteiger partial charge < -0.3 is 19.9 Å². The molecule has 0 unspecified atom stereocenters. The molecule has 29 heavy (non-hydrogen) atoms. The highest BCUT2D eigenvalue weighted by molar-refractivity contribution is 5.92. The Bertz CT molecular complexity index is 947. The van der Waals surface area contributed by atoms with Gasteiger partial charge in [0.25, 0.3) is 0 Å². The third-order valence-corrected chi connectivity index (χ3v) is 5.31. The Morgan fingerprint density at radius 1 is 1.03 bits per heavy atom. The van der Waals surface area contributed by atoms with E-state index in [1.54, 1.807) is 0 Å². The van der Waals surface area contributed by atoms with E-state index in [1.165, 1.54) is 22.4 Å². The molecule has 156 valence electrons. The van der Waals surface area contributed by atoms with E-state index in [0.717, 1.165) is 48.6 Å². The molecule has 0 saturated heterocycles. The van der Waals surface area contributed by atoms with Crippen LogP contribution in [0.2, 0.25) is 0 Å². The molecule has 0 amide bonds. The Hall–Kier alpha value is -2.53. The van der Waals surface area contributed by atoms with Crippen LogP contribution >= 0.6 is 0 Å². The Balaban J connectivity index is 2.14. The fourth-order valence-electron chi connectivity index (χ4n) is 4.22. The number of nitrogens with one attached hydrogen (secondary N) is 1. The largest absolute Gasteiger partial charge is 0.395 e. The molecule has 5 heteroatoms. The number of para-hydroxylation sites is 1. The van der Waals surface area contributed by atoms with E-state index in [-0.39, 0.29) is 6.61 Å². The molecule has 3 aromatic rings. The number of anilines is 3. The maximum atomic E-state index is 9.78. The Morgan fingerprint density at radius 2 is 1.69 bits per heavy atom. The number of aromatic nitrogens is 2. The van der Waals surface area contributed by atoms with Gasteiger partial charge in [-0.05, 0) is 56.9 Å². The van der Waals surface area contributed by atoms with Crippen LogP contribution in [-0.2, 0) is 6.54 Å². The highest BCUT2D eigenvalue weighted by Crippen LogP contribution is 2.33. The summed E-state index contributed by atoms with van der Waals surface area (Å²) < 4.78 is 2.13. The number of rotatable bonds is 9. The monoisotopic (exact) mass is 394 g/mol. The molecule has 2 N–H and O–H groups in total. The Morgan fingerprint density at radius 3 is 2.28 bits per heavy atom. The zero-order valence-electron chi connectivity index (χ0n) is 18.4. The van der Waals surface area contributed by atoms with E-state index in [1.807, 2.05) is 0 Å². The van der Waals surface area contributed by atoms with Crippen LogP contribution in [-0.4, -0.2) is 34.4 Å². The lowest BCUT2D eigenvalue weighted by Gasteiger charge is -2.25. The smallest absolute Gasteiger partial charge is 0.208 e. The summed E-state index contributed by atoms with van der Waals surface area (Å²) in [6, 6.07) is 10.7. The molecule has 1 aromatic heterocycles. The van der Waals surface area contributed by atoms with Crippen LogP contribution < -0.4 is 10.2 Å². The fourth-order valence-corrected chi connectivity index (χ4v) is 4.22. The van der Waals surface area contributed by atoms with Crippen LogP contribution in [0.1, 0.15) is 43.4 Å². The van der Waals surface area contributed by atoms with E-state index in [2.05, 4.69) is 79.7 Å². The van der Waals surface area contributed by atoms with E-state index in [0.29, 0.717) is 6.54 Å². The van der Waals surface area contributed by atoms with Crippen LogP contribution in [0, 0.1) is 20.8 Å². The van der Waals surface area contributed by atoms with Crippen molar-refractivity contribution in [3.63, 3.8) is 0 Å². The summed E-state index contributed by atoms with van der Waals surface area (Å²) in [7, 11) is 0. The van der Waals surface area contributed by atoms with Crippen molar-refractivity contribution in [2.75, 3.05) is 29.9 Å². The molecule has 0 aliphatic rings. The van der Waals surface area contributed by atoms with Crippen molar-refractivity contribution in [1.82, 2.24) is 9.55 Å². The van der Waals surface area contributed by atoms with Gasteiger partial charge in [-0.15, -0.1) is 0 Å². The number of aliphatic hydroxyl groups excluding tert-OH is 1. The molecule has 0 spiro atoms. The molecule has 1 heterocycles. The van der Waals surface area contributed by atoms with Gasteiger partial charge in [0.05, 0.1) is 23.3 Å². The number of benzene rings is 2. The summed E-state index contributed by atoms with van der Waals surface area (Å²) in [5.41, 5.74) is 7.98. The van der Waals surface area contributed by atoms with E-state index < -0.39 is 0 Å². The van der Waals surface area contributed by atoms with E-state index in [9.17, 15) is 5.11 Å². The quantitative estimate of drug-likeness (QED) is 0.515. The first kappa shape index (κ1) is 21.2. The minimum absolute atomic E-state index is 0.0713. The van der Waals surface area contributed by atoms with Crippen LogP contribution in [0.25, 0.3) is 11.0 Å². The summed E-state index contributed by atoms with van der Waals surface area (Å²) in [4.78, 5) is 7.34. The highest BCUT2D eigenvalue weighted by Gasteiger charge is 2.18. The second-order valence-electron chi connectivity index (χ2n) is 7.84. The van der Waals surface area contributed by atoms with Gasteiger partial charge in [-0.3, -0.25) is 0 Å². The van der Waals surface area contributed by atoms with Crippen molar-refractivity contribution in [3.05, 3.63) is 47.0 Å². The van der Waals surface area contributed by atoms with Crippen LogP contribution in [0.15, 0.2) is 30.3 Å². The Kier molecular flexibility index (Phi) is 6.80. The van der Waals surface area contributed by atoms with Crippen molar-refractivity contribution >= 4 is 28.4 Å². The number of hydrogen-bond donors (Lipinski definition) is 2. The maximum Gasteiger partial charge on any atom is 0.208 e. The minimum atomic E-state index is 0.0713. The predicted molar refractivity (Wildman–Crippen MR) is 124 cm³/mol. The van der Waals surface area contributed by atoms with Crippen LogP contribution in [0.3, 0.4) is 0 Å². The fraction of sp³-hybridized carbons (Fsp3) is 0.458. The normalized spacial score (nSPS) is 11.2. The van der Waals surface area contributed by atoms with E-state index in [4.69, 9.17) is 4.98 Å². The Labute approximate surface area is 174 Å². The third kappa shape index (κ3) is 4.40. The van der Waals surface area contributed by atoms with Crippen LogP contribution in [0.5, 0.6) is 0 Å². The topological polar surface area (TPSA) is 53.3 Å². The average molecular weight is 395 g/mol. The van der Waals surface area contributed by atoms with Gasteiger partial charge in [-0.1, -0.05) is 37.6 Å². The summed E-state index contributed by atoms with van der Waals surface area (Å²) in [5, 5.41) is 13.3. The van der Waals surface area contributed by atoms with Gasteiger partial charge in [0, 0.05) is 25.3 Å². The van der Waals surface area contributed by atoms with Crippen LogP contribution in [0.4, 0.5) is 17.3 Å². The van der Waals surface area contributed by atoms with Crippen molar-refractivity contribution in [1.29, 1.82) is 0 Å². The predicted octanol–water partition coefficient (Wildman–Crippen LogP) is 5.32. The van der Waals surface area contributed by atoms with Crippen molar-refractivity contribution in [2.45, 2.75) is 54.0 Å². The molecule has 0 bridgehead atoms. The molecule has 0 radical (unpaired) electrons. The molecule has 0 atom stereocenters. The first-order chi connectivity index (χ1) is 14.0. The average Bonchev–Trinajstić information content (AvgIpc) is 3.02. The second kappa shape index (κ2) is 9.31. The molecular formula is C24H34N4O. The standard InChI is InChI=1S/C24H34N4O/c1-6-11-27(12-7-2)21-10-8-9-20-23(21)28(13-14-29)24(25-20)26-22-18(4)15-17(3)16-19(22)5/h8-10,15-16,29H,6-7,11-14H2,1-5H3,(H,25,26). The third-order valence-electron chi connectivity index (χ3n) is 5.31. The van der Waals surface area contributed by atoms with E-state index >= 15 is 0 Å². The molecule has 2 aromatic carbocycles. The van der Waals surface area contributed by atoms with Gasteiger partial charge in [0.1, 0.15) is 0 Å². The number of aliphatic hydroxyl groups is 1. The zero-order chi connectivity index (χ0) is 21.0. The lowest BCUT2D eigenvalue weighted by molar-refractivity contribution is 0.278. The second-order valence-corrected chi connectivity index (χ2v) is 7.84. The summed E-state index contributed by atoms with van der Waals surface area (Å²) in [6.07, 6.45) is 2.19. The van der Waals surface area contributed by atoms with Gasteiger partial charge in [-0.2, -0.15) is 0 Å². The summed E-state index contributed by atoms with van der Waals surface area (Å²) >= 11 is 0. The summed E-state index contributed by atoms with van der Waals surface area (Å²) in [5.74, 6) is 0.782. The van der Waals surface area contributed by atoms with Gasteiger partial charge in [-0.25, -0.2) is 4.98 Å². The van der Waals surface area contributed by atoms with Crippen molar-refractivity contribution < 1.29 is 5.11 Å². The van der Waals surface area contributed by atoms with Gasteiger partial charge in [0.2, 0.25) is 5.95 Å². The maximum absolute atomic E-state index is 9.78. The van der Waals surface area contributed by atoms with Crippen molar-refractivity contribution in [2.24, 2.45) is 0 Å². The SMILES string of the molecule is CCCN(CCC)c1cccc2nc(Nc3c(C)cc(C)cc3C)n(CCO)c12. The highest BCUT2D eigenvalue weighted by atomic mass is 16.3. The molecule has 0 fully saturated rings. The molecule has 0 aliphatic carbocycles. The number of fused-ring (bicyclic) bond motifs is 1. The summed E-state index contributed by atoms with van der Waals surface area (Å²) in [6.45, 7) is 13.4. The lowest BCUT2D eigenvalue weighted by Crippen LogP contribution is -2.25. The van der Waals surface area contributed by atoms with Gasteiger partial charge in [0.15, 0.2) is 0 Å². The van der Waals surface area contributed by atoms with Crippen molar-refractivity contribution in [3.8, 4) is 0 Å². The number of hydrogen-bond acceptors (Lipinski definition) is 4. The first-order valence-electron chi connectivity index (χ1n) is 10.7. The molecule has 0 saturated carbocycles. The first-order valence-corrected chi connectivity index (χ1v) is 10.7. The number of imidazole rings is 1. The zero-order valence-corrected chi connectivity index (χ0v) is 18.4. The molecule has 5 nitrogen and oxygen atoms in total. The number of nitrogens with zero attached hydrogens (tertiary/aromatic N) is 3. The van der Waals surface area contributed by atoms with Gasteiger partial charge >= 0.3 is 0 Å². The number of aryl methyl sites for hydroxylation is 3. The minimum Gasteiger partial charge on any atom is -0.395 e.